The van der Waals surface area contributed by atoms with E-state index in [1.807, 2.05) is 42.5 Å². The number of ether oxygens (including phenoxy) is 3. The third kappa shape index (κ3) is 8.31. The standard InChI is InChI=1S/C25H25F3N2O4/c1-32-23-14-18(8-10-22(23)34-17-25(26,27)28)9-11-24(31)30-15-19-5-4-7-21(13-19)33-16-20-6-2-3-12-29-20/h2-8,10,12-14H,9,11,15-17H2,1H3,(H,30,31). The van der Waals surface area contributed by atoms with E-state index in [9.17, 15) is 18.0 Å². The number of nitrogens with one attached hydrogen (secondary N) is 1. The highest BCUT2D eigenvalue weighted by molar-refractivity contribution is 5.76. The Hall–Kier alpha value is -3.75. The zero-order valence-corrected chi connectivity index (χ0v) is 18.6. The van der Waals surface area contributed by atoms with Crippen LogP contribution in [0.2, 0.25) is 0 Å². The van der Waals surface area contributed by atoms with Gasteiger partial charge in [0.25, 0.3) is 0 Å². The number of pyridine rings is 1. The van der Waals surface area contributed by atoms with Crippen LogP contribution in [0.15, 0.2) is 66.9 Å². The smallest absolute Gasteiger partial charge is 0.422 e. The molecule has 1 heterocycles. The van der Waals surface area contributed by atoms with E-state index in [1.165, 1.54) is 13.2 Å². The average Bonchev–Trinajstić information content (AvgIpc) is 2.84. The van der Waals surface area contributed by atoms with Crippen molar-refractivity contribution in [3.05, 3.63) is 83.7 Å². The number of carbonyl (C=O) groups is 1. The van der Waals surface area contributed by atoms with Crippen molar-refractivity contribution in [1.82, 2.24) is 10.3 Å². The summed E-state index contributed by atoms with van der Waals surface area (Å²) < 4.78 is 52.8. The molecule has 0 saturated heterocycles. The Kier molecular flexibility index (Phi) is 8.73. The number of alkyl halides is 3. The van der Waals surface area contributed by atoms with Gasteiger partial charge in [0, 0.05) is 19.2 Å². The summed E-state index contributed by atoms with van der Waals surface area (Å²) in [6.45, 7) is -0.714. The van der Waals surface area contributed by atoms with Gasteiger partial charge >= 0.3 is 6.18 Å². The summed E-state index contributed by atoms with van der Waals surface area (Å²) in [5, 5.41) is 2.86. The molecule has 0 bridgehead atoms. The molecule has 3 aromatic rings. The molecule has 1 aromatic heterocycles. The number of amides is 1. The molecule has 0 aliphatic rings. The number of hydrogen-bond acceptors (Lipinski definition) is 5. The van der Waals surface area contributed by atoms with Crippen molar-refractivity contribution in [2.45, 2.75) is 32.2 Å². The van der Waals surface area contributed by atoms with Crippen LogP contribution in [-0.2, 0) is 24.4 Å². The lowest BCUT2D eigenvalue weighted by Crippen LogP contribution is -2.23. The van der Waals surface area contributed by atoms with E-state index >= 15 is 0 Å². The van der Waals surface area contributed by atoms with Crippen molar-refractivity contribution >= 4 is 5.91 Å². The minimum atomic E-state index is -4.44. The molecule has 9 heteroatoms. The van der Waals surface area contributed by atoms with Gasteiger partial charge in [-0.05, 0) is 53.9 Å². The van der Waals surface area contributed by atoms with Gasteiger partial charge in [-0.25, -0.2) is 0 Å². The SMILES string of the molecule is COc1cc(CCC(=O)NCc2cccc(OCc3ccccn3)c2)ccc1OCC(F)(F)F. The van der Waals surface area contributed by atoms with Crippen molar-refractivity contribution in [2.24, 2.45) is 0 Å². The molecule has 1 N–H and O–H groups in total. The zero-order chi connectivity index (χ0) is 24.4. The Morgan fingerprint density at radius 1 is 0.971 bits per heavy atom. The van der Waals surface area contributed by atoms with Crippen molar-refractivity contribution in [3.63, 3.8) is 0 Å². The predicted octanol–water partition coefficient (Wildman–Crippen LogP) is 4.86. The number of carbonyl (C=O) groups excluding carboxylic acids is 1. The maximum atomic E-state index is 12.4. The second-order valence-corrected chi connectivity index (χ2v) is 7.42. The lowest BCUT2D eigenvalue weighted by molar-refractivity contribution is -0.153. The van der Waals surface area contributed by atoms with E-state index in [0.29, 0.717) is 25.3 Å². The Labute approximate surface area is 195 Å². The van der Waals surface area contributed by atoms with Crippen LogP contribution in [0.25, 0.3) is 0 Å². The molecular weight excluding hydrogens is 449 g/mol. The Morgan fingerprint density at radius 2 is 1.82 bits per heavy atom. The summed E-state index contributed by atoms with van der Waals surface area (Å²) in [6.07, 6.45) is -2.12. The number of nitrogens with zero attached hydrogens (tertiary/aromatic N) is 1. The number of aromatic nitrogens is 1. The molecule has 6 nitrogen and oxygen atoms in total. The highest BCUT2D eigenvalue weighted by Gasteiger charge is 2.29. The normalized spacial score (nSPS) is 11.1. The van der Waals surface area contributed by atoms with Gasteiger partial charge in [0.15, 0.2) is 18.1 Å². The van der Waals surface area contributed by atoms with Gasteiger partial charge in [0.2, 0.25) is 5.91 Å². The second kappa shape index (κ2) is 11.9. The summed E-state index contributed by atoms with van der Waals surface area (Å²) in [5.74, 6) is 0.705. The fraction of sp³-hybridized carbons (Fsp3) is 0.280. The van der Waals surface area contributed by atoms with Crippen LogP contribution in [0.1, 0.15) is 23.2 Å². The molecule has 0 saturated carbocycles. The van der Waals surface area contributed by atoms with E-state index in [0.717, 1.165) is 16.8 Å². The molecule has 0 aliphatic carbocycles. The zero-order valence-electron chi connectivity index (χ0n) is 18.6. The number of rotatable bonds is 11. The first-order chi connectivity index (χ1) is 16.3. The van der Waals surface area contributed by atoms with Crippen LogP contribution in [-0.4, -0.2) is 30.8 Å². The average molecular weight is 474 g/mol. The first-order valence-electron chi connectivity index (χ1n) is 10.6. The number of methoxy groups -OCH3 is 1. The minimum absolute atomic E-state index is 0.00169. The monoisotopic (exact) mass is 474 g/mol. The quantitative estimate of drug-likeness (QED) is 0.430. The van der Waals surface area contributed by atoms with Crippen molar-refractivity contribution in [1.29, 1.82) is 0 Å². The summed E-state index contributed by atoms with van der Waals surface area (Å²) in [4.78, 5) is 16.5. The van der Waals surface area contributed by atoms with Gasteiger partial charge in [-0.1, -0.05) is 24.3 Å². The predicted molar refractivity (Wildman–Crippen MR) is 120 cm³/mol. The molecule has 0 aliphatic heterocycles. The van der Waals surface area contributed by atoms with E-state index in [1.54, 1.807) is 18.3 Å². The van der Waals surface area contributed by atoms with E-state index in [2.05, 4.69) is 10.3 Å². The largest absolute Gasteiger partial charge is 0.493 e. The van der Waals surface area contributed by atoms with Crippen molar-refractivity contribution in [3.8, 4) is 17.2 Å². The van der Waals surface area contributed by atoms with E-state index in [4.69, 9.17) is 14.2 Å². The van der Waals surface area contributed by atoms with Crippen LogP contribution in [0, 0.1) is 0 Å². The lowest BCUT2D eigenvalue weighted by atomic mass is 10.1. The summed E-state index contributed by atoms with van der Waals surface area (Å²) in [7, 11) is 1.35. The van der Waals surface area contributed by atoms with Crippen LogP contribution in [0.3, 0.4) is 0 Å². The molecule has 0 radical (unpaired) electrons. The molecule has 0 spiro atoms. The molecule has 1 amide bonds. The molecule has 0 atom stereocenters. The Bertz CT molecular complexity index is 1080. The Morgan fingerprint density at radius 3 is 2.56 bits per heavy atom. The molecular formula is C25H25F3N2O4. The fourth-order valence-electron chi connectivity index (χ4n) is 3.08. The van der Waals surface area contributed by atoms with Crippen LogP contribution in [0.5, 0.6) is 17.2 Å². The molecule has 0 fully saturated rings. The van der Waals surface area contributed by atoms with Gasteiger partial charge in [-0.2, -0.15) is 13.2 Å². The topological polar surface area (TPSA) is 69.7 Å². The van der Waals surface area contributed by atoms with E-state index in [-0.39, 0.29) is 23.8 Å². The maximum Gasteiger partial charge on any atom is 0.422 e. The van der Waals surface area contributed by atoms with Crippen molar-refractivity contribution in [2.75, 3.05) is 13.7 Å². The molecule has 34 heavy (non-hydrogen) atoms. The number of hydrogen-bond donors (Lipinski definition) is 1. The van der Waals surface area contributed by atoms with Crippen molar-refractivity contribution < 1.29 is 32.2 Å². The first kappa shape index (κ1) is 24.9. The van der Waals surface area contributed by atoms with Crippen LogP contribution >= 0.6 is 0 Å². The molecule has 3 rings (SSSR count). The summed E-state index contributed by atoms with van der Waals surface area (Å²) in [5.41, 5.74) is 2.45. The van der Waals surface area contributed by atoms with Crippen LogP contribution < -0.4 is 19.5 Å². The fourth-order valence-corrected chi connectivity index (χ4v) is 3.08. The third-order valence-corrected chi connectivity index (χ3v) is 4.76. The van der Waals surface area contributed by atoms with Gasteiger partial charge < -0.3 is 19.5 Å². The minimum Gasteiger partial charge on any atom is -0.493 e. The highest BCUT2D eigenvalue weighted by Crippen LogP contribution is 2.30. The first-order valence-corrected chi connectivity index (χ1v) is 10.6. The molecule has 180 valence electrons. The van der Waals surface area contributed by atoms with Gasteiger partial charge in [0.1, 0.15) is 12.4 Å². The van der Waals surface area contributed by atoms with Gasteiger partial charge in [-0.15, -0.1) is 0 Å². The van der Waals surface area contributed by atoms with Gasteiger partial charge in [-0.3, -0.25) is 9.78 Å². The number of halogens is 3. The maximum absolute atomic E-state index is 12.4. The van der Waals surface area contributed by atoms with Gasteiger partial charge in [0.05, 0.1) is 12.8 Å². The third-order valence-electron chi connectivity index (χ3n) is 4.76. The molecule has 2 aromatic carbocycles. The Balaban J connectivity index is 1.46. The highest BCUT2D eigenvalue weighted by atomic mass is 19.4. The van der Waals surface area contributed by atoms with Crippen LogP contribution in [0.4, 0.5) is 13.2 Å². The molecule has 0 unspecified atom stereocenters. The second-order valence-electron chi connectivity index (χ2n) is 7.42. The summed E-state index contributed by atoms with van der Waals surface area (Å²) >= 11 is 0. The summed E-state index contributed by atoms with van der Waals surface area (Å²) in [6, 6.07) is 17.6. The number of benzene rings is 2. The lowest BCUT2D eigenvalue weighted by Gasteiger charge is -2.13. The number of aryl methyl sites for hydroxylation is 1. The van der Waals surface area contributed by atoms with E-state index < -0.39 is 12.8 Å².